The number of carbonyl (C=O) groups is 1. The molecule has 1 fully saturated rings. The summed E-state index contributed by atoms with van der Waals surface area (Å²) in [5.74, 6) is -0.0883. The third-order valence-electron chi connectivity index (χ3n) is 5.65. The maximum Gasteiger partial charge on any atom is 0.261 e. The minimum absolute atomic E-state index is 0.0880. The lowest BCUT2D eigenvalue weighted by Gasteiger charge is -2.33. The first kappa shape index (κ1) is 22.3. The maximum atomic E-state index is 13.1. The highest BCUT2D eigenvalue weighted by atomic mass is 35.5. The Morgan fingerprint density at radius 3 is 2.50 bits per heavy atom. The van der Waals surface area contributed by atoms with E-state index in [1.165, 1.54) is 22.9 Å². The molecule has 1 amide bonds. The average Bonchev–Trinajstić information content (AvgIpc) is 3.28. The van der Waals surface area contributed by atoms with Crippen LogP contribution in [0.15, 0.2) is 66.1 Å². The topological polar surface area (TPSA) is 126 Å². The Balaban J connectivity index is 1.27. The number of piperazine rings is 1. The molecule has 0 atom stereocenters. The molecule has 0 radical (unpaired) electrons. The number of aromatic amines is 1. The summed E-state index contributed by atoms with van der Waals surface area (Å²) in [6.07, 6.45) is 4.09. The van der Waals surface area contributed by atoms with Crippen molar-refractivity contribution in [3.63, 3.8) is 0 Å². The van der Waals surface area contributed by atoms with E-state index in [9.17, 15) is 18.4 Å². The van der Waals surface area contributed by atoms with Gasteiger partial charge in [0.25, 0.3) is 21.6 Å². The van der Waals surface area contributed by atoms with E-state index in [4.69, 9.17) is 11.6 Å². The maximum absolute atomic E-state index is 13.1. The quantitative estimate of drug-likeness (QED) is 0.339. The van der Waals surface area contributed by atoms with Crippen LogP contribution in [0.25, 0.3) is 22.4 Å². The Morgan fingerprint density at radius 2 is 1.79 bits per heavy atom. The summed E-state index contributed by atoms with van der Waals surface area (Å²) < 4.78 is 28.2. The number of nitrogens with zero attached hydrogens (tertiary/aromatic N) is 5. The summed E-state index contributed by atoms with van der Waals surface area (Å²) in [5, 5.41) is 13.2. The Labute approximate surface area is 200 Å². The molecular formula is C22H19ClN6O4S. The summed E-state index contributed by atoms with van der Waals surface area (Å²) in [6.45, 7) is 0.767. The van der Waals surface area contributed by atoms with Gasteiger partial charge >= 0.3 is 0 Å². The predicted molar refractivity (Wildman–Crippen MR) is 124 cm³/mol. The SMILES string of the molecule is O=C(c1cnc(-c2cccc[n+]2[O-])nc1)N1CCN(S(=O)(=O)c2cc3cc(Cl)ccc3[nH]2)CC1. The second kappa shape index (κ2) is 8.67. The molecule has 1 saturated heterocycles. The molecule has 12 heteroatoms. The standard InChI is InChI=1S/C22H19ClN6O4S/c23-17-4-5-18-15(11-17)12-20(26-18)34(32,33)28-9-7-27(8-10-28)22(30)16-13-24-21(25-14-16)19-3-1-2-6-29(19)31/h1-6,11-14,26H,7-10H2. The van der Waals surface area contributed by atoms with Gasteiger partial charge in [-0.2, -0.15) is 9.04 Å². The first-order valence-corrected chi connectivity index (χ1v) is 12.2. The average molecular weight is 499 g/mol. The Morgan fingerprint density at radius 1 is 1.06 bits per heavy atom. The smallest absolute Gasteiger partial charge is 0.261 e. The van der Waals surface area contributed by atoms with Gasteiger partial charge in [0.15, 0.2) is 6.20 Å². The molecule has 1 aliphatic heterocycles. The summed E-state index contributed by atoms with van der Waals surface area (Å²) >= 11 is 6.00. The molecule has 3 aromatic heterocycles. The van der Waals surface area contributed by atoms with Crippen LogP contribution >= 0.6 is 11.6 Å². The third kappa shape index (κ3) is 4.09. The van der Waals surface area contributed by atoms with Crippen molar-refractivity contribution >= 4 is 38.4 Å². The molecule has 0 saturated carbocycles. The molecule has 34 heavy (non-hydrogen) atoms. The number of amides is 1. The van der Waals surface area contributed by atoms with Gasteiger partial charge in [-0.3, -0.25) is 4.79 Å². The van der Waals surface area contributed by atoms with Gasteiger partial charge in [-0.1, -0.05) is 11.6 Å². The van der Waals surface area contributed by atoms with E-state index in [2.05, 4.69) is 15.0 Å². The zero-order valence-electron chi connectivity index (χ0n) is 17.8. The Hall–Kier alpha value is -3.54. The van der Waals surface area contributed by atoms with Gasteiger partial charge in [0.05, 0.1) is 5.56 Å². The van der Waals surface area contributed by atoms with Crippen LogP contribution in [0, 0.1) is 5.21 Å². The van der Waals surface area contributed by atoms with E-state index in [0.717, 1.165) is 0 Å². The van der Waals surface area contributed by atoms with Crippen LogP contribution < -0.4 is 4.73 Å². The van der Waals surface area contributed by atoms with Gasteiger partial charge < -0.3 is 15.1 Å². The van der Waals surface area contributed by atoms with Crippen LogP contribution in [0.2, 0.25) is 5.02 Å². The fourth-order valence-electron chi connectivity index (χ4n) is 3.84. The number of carbonyl (C=O) groups excluding carboxylic acids is 1. The van der Waals surface area contributed by atoms with Gasteiger partial charge in [0.2, 0.25) is 5.82 Å². The molecule has 1 N–H and O–H groups in total. The highest BCUT2D eigenvalue weighted by Gasteiger charge is 2.31. The van der Waals surface area contributed by atoms with Gasteiger partial charge in [-0.25, -0.2) is 18.4 Å². The number of H-pyrrole nitrogens is 1. The van der Waals surface area contributed by atoms with E-state index < -0.39 is 10.0 Å². The molecular weight excluding hydrogens is 480 g/mol. The van der Waals surface area contributed by atoms with E-state index in [0.29, 0.717) is 20.7 Å². The zero-order valence-corrected chi connectivity index (χ0v) is 19.3. The Bertz CT molecular complexity index is 1480. The molecule has 0 unspecified atom stereocenters. The van der Waals surface area contributed by atoms with Crippen molar-refractivity contribution in [3.05, 3.63) is 76.8 Å². The fraction of sp³-hybridized carbons (Fsp3) is 0.182. The largest absolute Gasteiger partial charge is 0.618 e. The number of aromatic nitrogens is 4. The highest BCUT2D eigenvalue weighted by molar-refractivity contribution is 7.89. The van der Waals surface area contributed by atoms with Crippen molar-refractivity contribution in [1.82, 2.24) is 24.2 Å². The van der Waals surface area contributed by atoms with Crippen LogP contribution in [0.1, 0.15) is 10.4 Å². The van der Waals surface area contributed by atoms with E-state index >= 15 is 0 Å². The first-order valence-electron chi connectivity index (χ1n) is 10.4. The number of hydrogen-bond acceptors (Lipinski definition) is 6. The lowest BCUT2D eigenvalue weighted by Crippen LogP contribution is -2.50. The van der Waals surface area contributed by atoms with E-state index in [1.807, 2.05) is 0 Å². The lowest BCUT2D eigenvalue weighted by atomic mass is 10.2. The number of benzene rings is 1. The van der Waals surface area contributed by atoms with Crippen molar-refractivity contribution in [3.8, 4) is 11.5 Å². The highest BCUT2D eigenvalue weighted by Crippen LogP contribution is 2.25. The Kier molecular flexibility index (Phi) is 5.68. The number of pyridine rings is 1. The number of halogens is 1. The van der Waals surface area contributed by atoms with Crippen molar-refractivity contribution in [2.45, 2.75) is 5.03 Å². The van der Waals surface area contributed by atoms with E-state index in [1.54, 1.807) is 47.4 Å². The van der Waals surface area contributed by atoms with Crippen LogP contribution in [0.3, 0.4) is 0 Å². The summed E-state index contributed by atoms with van der Waals surface area (Å²) in [7, 11) is -3.75. The van der Waals surface area contributed by atoms with Crippen molar-refractivity contribution in [2.75, 3.05) is 26.2 Å². The monoisotopic (exact) mass is 498 g/mol. The third-order valence-corrected chi connectivity index (χ3v) is 7.71. The molecule has 1 aromatic carbocycles. The number of sulfonamides is 1. The van der Waals surface area contributed by atoms with Gasteiger partial charge in [-0.15, -0.1) is 0 Å². The molecule has 4 heterocycles. The minimum Gasteiger partial charge on any atom is -0.618 e. The number of fused-ring (bicyclic) bond motifs is 1. The lowest BCUT2D eigenvalue weighted by molar-refractivity contribution is -0.594. The zero-order chi connectivity index (χ0) is 23.9. The minimum atomic E-state index is -3.75. The molecule has 0 bridgehead atoms. The second-order valence-corrected chi connectivity index (χ2v) is 10.1. The summed E-state index contributed by atoms with van der Waals surface area (Å²) in [4.78, 5) is 25.7. The molecule has 5 rings (SSSR count). The molecule has 10 nitrogen and oxygen atoms in total. The molecule has 0 spiro atoms. The van der Waals surface area contributed by atoms with E-state index in [-0.39, 0.29) is 54.2 Å². The van der Waals surface area contributed by atoms with Crippen molar-refractivity contribution < 1.29 is 17.9 Å². The van der Waals surface area contributed by atoms with Crippen LogP contribution in [0.4, 0.5) is 0 Å². The molecule has 174 valence electrons. The molecule has 1 aliphatic rings. The van der Waals surface area contributed by atoms with Crippen LogP contribution in [0.5, 0.6) is 0 Å². The fourth-order valence-corrected chi connectivity index (χ4v) is 5.46. The van der Waals surface area contributed by atoms with Crippen LogP contribution in [-0.2, 0) is 10.0 Å². The predicted octanol–water partition coefficient (Wildman–Crippen LogP) is 2.06. The normalized spacial score (nSPS) is 15.0. The van der Waals surface area contributed by atoms with Gasteiger partial charge in [-0.05, 0) is 30.3 Å². The first-order chi connectivity index (χ1) is 16.3. The van der Waals surface area contributed by atoms with Crippen LogP contribution in [-0.4, -0.2) is 64.7 Å². The summed E-state index contributed by atoms with van der Waals surface area (Å²) in [5.41, 5.74) is 1.22. The molecule has 4 aromatic rings. The molecule has 0 aliphatic carbocycles. The second-order valence-electron chi connectivity index (χ2n) is 7.77. The summed E-state index contributed by atoms with van der Waals surface area (Å²) in [6, 6.07) is 11.6. The van der Waals surface area contributed by atoms with Gasteiger partial charge in [0.1, 0.15) is 5.03 Å². The number of nitrogens with one attached hydrogen (secondary N) is 1. The van der Waals surface area contributed by atoms with Crippen molar-refractivity contribution in [1.29, 1.82) is 0 Å². The number of rotatable bonds is 4. The van der Waals surface area contributed by atoms with Gasteiger partial charge in [0, 0.05) is 66.6 Å². The van der Waals surface area contributed by atoms with Crippen molar-refractivity contribution in [2.24, 2.45) is 0 Å². The number of hydrogen-bond donors (Lipinski definition) is 1.